The molecule has 0 N–H and O–H groups in total. The van der Waals surface area contributed by atoms with E-state index in [-0.39, 0.29) is 29.7 Å². The molecule has 0 amide bonds. The Morgan fingerprint density at radius 3 is 2.33 bits per heavy atom. The summed E-state index contributed by atoms with van der Waals surface area (Å²) in [7, 11) is 0. The third-order valence-electron chi connectivity index (χ3n) is 1.69. The maximum absolute atomic E-state index is 11.8. The molecular formula is C10H9F3OS. The molecule has 5 heteroatoms. The Bertz CT molecular complexity index is 321. The van der Waals surface area contributed by atoms with Crippen molar-refractivity contribution < 1.29 is 18.0 Å². The van der Waals surface area contributed by atoms with Crippen LogP contribution in [0.1, 0.15) is 16.8 Å². The van der Waals surface area contributed by atoms with Crippen LogP contribution in [-0.4, -0.2) is 17.0 Å². The number of carbonyl (C=O) groups is 1. The molecule has 1 nitrogen and oxygen atoms in total. The van der Waals surface area contributed by atoms with Gasteiger partial charge < -0.3 is 0 Å². The van der Waals surface area contributed by atoms with Gasteiger partial charge in [0, 0.05) is 17.7 Å². The number of carbonyl (C=O) groups excluding carboxylic acids is 1. The predicted molar refractivity (Wildman–Crippen MR) is 53.9 cm³/mol. The van der Waals surface area contributed by atoms with Gasteiger partial charge in [0.2, 0.25) is 0 Å². The first-order valence-electron chi connectivity index (χ1n) is 4.28. The Kier molecular flexibility index (Phi) is 4.20. The van der Waals surface area contributed by atoms with E-state index in [2.05, 4.69) is 0 Å². The summed E-state index contributed by atoms with van der Waals surface area (Å²) < 4.78 is 35.3. The molecule has 0 bridgehead atoms. The number of benzene rings is 1. The summed E-state index contributed by atoms with van der Waals surface area (Å²) in [5.74, 6) is -0.482. The minimum absolute atomic E-state index is 0.0891. The number of rotatable bonds is 4. The molecule has 0 radical (unpaired) electrons. The lowest BCUT2D eigenvalue weighted by Gasteiger charge is -2.04. The second-order valence-electron chi connectivity index (χ2n) is 2.83. The summed E-state index contributed by atoms with van der Waals surface area (Å²) in [6.45, 7) is 0. The smallest absolute Gasteiger partial charge is 0.294 e. The highest BCUT2D eigenvalue weighted by molar-refractivity contribution is 8.00. The monoisotopic (exact) mass is 234 g/mol. The van der Waals surface area contributed by atoms with Crippen LogP contribution in [-0.2, 0) is 0 Å². The summed E-state index contributed by atoms with van der Waals surface area (Å²) >= 11 is -0.164. The van der Waals surface area contributed by atoms with E-state index in [0.717, 1.165) is 0 Å². The Morgan fingerprint density at radius 1 is 1.20 bits per heavy atom. The van der Waals surface area contributed by atoms with Crippen LogP contribution in [0.2, 0.25) is 0 Å². The number of hydrogen-bond donors (Lipinski definition) is 0. The standard InChI is InChI=1S/C10H9F3OS/c11-10(12,13)15-7-6-9(14)8-4-2-1-3-5-8/h1-5H,6-7H2. The van der Waals surface area contributed by atoms with E-state index in [1.54, 1.807) is 30.3 Å². The molecule has 0 aromatic heterocycles. The Hall–Kier alpha value is -0.970. The zero-order chi connectivity index (χ0) is 11.3. The molecule has 0 aliphatic heterocycles. The van der Waals surface area contributed by atoms with Crippen molar-refractivity contribution in [3.63, 3.8) is 0 Å². The van der Waals surface area contributed by atoms with Crippen LogP contribution in [0.4, 0.5) is 13.2 Å². The highest BCUT2D eigenvalue weighted by Gasteiger charge is 2.27. The van der Waals surface area contributed by atoms with Crippen molar-refractivity contribution in [2.75, 3.05) is 5.75 Å². The van der Waals surface area contributed by atoms with Gasteiger partial charge in [-0.05, 0) is 0 Å². The van der Waals surface area contributed by atoms with Crippen molar-refractivity contribution in [2.24, 2.45) is 0 Å². The SMILES string of the molecule is O=C(CCSC(F)(F)F)c1ccccc1. The van der Waals surface area contributed by atoms with Gasteiger partial charge in [-0.15, -0.1) is 0 Å². The summed E-state index contributed by atoms with van der Waals surface area (Å²) in [5, 5.41) is 0. The molecule has 0 spiro atoms. The molecule has 82 valence electrons. The van der Waals surface area contributed by atoms with Gasteiger partial charge in [0.05, 0.1) is 0 Å². The number of ketones is 1. The Balaban J connectivity index is 2.38. The molecule has 0 saturated heterocycles. The number of alkyl halides is 3. The third-order valence-corrected chi connectivity index (χ3v) is 2.43. The summed E-state index contributed by atoms with van der Waals surface area (Å²) in [6.07, 6.45) is -0.0891. The van der Waals surface area contributed by atoms with Crippen molar-refractivity contribution in [3.05, 3.63) is 35.9 Å². The van der Waals surface area contributed by atoms with Crippen molar-refractivity contribution in [2.45, 2.75) is 11.9 Å². The number of hydrogen-bond acceptors (Lipinski definition) is 2. The second kappa shape index (κ2) is 5.21. The van der Waals surface area contributed by atoms with Gasteiger partial charge in [0.1, 0.15) is 0 Å². The van der Waals surface area contributed by atoms with E-state index < -0.39 is 5.51 Å². The molecule has 0 heterocycles. The van der Waals surface area contributed by atoms with Crippen LogP contribution in [0, 0.1) is 0 Å². The lowest BCUT2D eigenvalue weighted by molar-refractivity contribution is -0.0327. The van der Waals surface area contributed by atoms with Crippen molar-refractivity contribution in [1.29, 1.82) is 0 Å². The fraction of sp³-hybridized carbons (Fsp3) is 0.300. The van der Waals surface area contributed by atoms with Gasteiger partial charge in [0.25, 0.3) is 0 Å². The molecule has 0 fully saturated rings. The minimum Gasteiger partial charge on any atom is -0.294 e. The second-order valence-corrected chi connectivity index (χ2v) is 3.99. The van der Waals surface area contributed by atoms with Crippen molar-refractivity contribution in [3.8, 4) is 0 Å². The summed E-state index contributed by atoms with van der Waals surface area (Å²) in [6, 6.07) is 8.32. The lowest BCUT2D eigenvalue weighted by Crippen LogP contribution is -2.05. The minimum atomic E-state index is -4.25. The van der Waals surface area contributed by atoms with E-state index in [1.165, 1.54) is 0 Å². The fourth-order valence-corrected chi connectivity index (χ4v) is 1.55. The van der Waals surface area contributed by atoms with Crippen molar-refractivity contribution in [1.82, 2.24) is 0 Å². The van der Waals surface area contributed by atoms with E-state index >= 15 is 0 Å². The van der Waals surface area contributed by atoms with Gasteiger partial charge in [0.15, 0.2) is 5.78 Å². The van der Waals surface area contributed by atoms with Crippen LogP contribution >= 0.6 is 11.8 Å². The molecule has 0 unspecified atom stereocenters. The highest BCUT2D eigenvalue weighted by Crippen LogP contribution is 2.30. The van der Waals surface area contributed by atoms with E-state index in [4.69, 9.17) is 0 Å². The quantitative estimate of drug-likeness (QED) is 0.741. The normalized spacial score (nSPS) is 11.4. The van der Waals surface area contributed by atoms with Crippen LogP contribution in [0.15, 0.2) is 30.3 Å². The van der Waals surface area contributed by atoms with Gasteiger partial charge >= 0.3 is 5.51 Å². The summed E-state index contributed by atoms with van der Waals surface area (Å²) in [4.78, 5) is 11.3. The zero-order valence-electron chi connectivity index (χ0n) is 7.75. The number of thioether (sulfide) groups is 1. The topological polar surface area (TPSA) is 17.1 Å². The third kappa shape index (κ3) is 4.88. The molecular weight excluding hydrogens is 225 g/mol. The molecule has 1 aromatic carbocycles. The predicted octanol–water partition coefficient (Wildman–Crippen LogP) is 3.51. The van der Waals surface area contributed by atoms with Crippen LogP contribution in [0.3, 0.4) is 0 Å². The first-order valence-corrected chi connectivity index (χ1v) is 5.26. The molecule has 15 heavy (non-hydrogen) atoms. The molecule has 0 aliphatic rings. The molecule has 0 aliphatic carbocycles. The average molecular weight is 234 g/mol. The van der Waals surface area contributed by atoms with Gasteiger partial charge in [-0.3, -0.25) is 4.79 Å². The molecule has 1 aromatic rings. The first kappa shape index (κ1) is 12.1. The average Bonchev–Trinajstić information content (AvgIpc) is 2.17. The van der Waals surface area contributed by atoms with Gasteiger partial charge in [-0.1, -0.05) is 42.1 Å². The van der Waals surface area contributed by atoms with E-state index in [9.17, 15) is 18.0 Å². The maximum atomic E-state index is 11.8. The highest BCUT2D eigenvalue weighted by atomic mass is 32.2. The summed E-state index contributed by atoms with van der Waals surface area (Å²) in [5.41, 5.74) is -3.79. The molecule has 0 atom stereocenters. The Labute approximate surface area is 89.7 Å². The van der Waals surface area contributed by atoms with E-state index in [1.807, 2.05) is 0 Å². The van der Waals surface area contributed by atoms with Crippen molar-refractivity contribution >= 4 is 17.5 Å². The van der Waals surface area contributed by atoms with E-state index in [0.29, 0.717) is 5.56 Å². The molecule has 1 rings (SSSR count). The number of halogens is 3. The Morgan fingerprint density at radius 2 is 1.80 bits per heavy atom. The van der Waals surface area contributed by atoms with Crippen LogP contribution < -0.4 is 0 Å². The van der Waals surface area contributed by atoms with Crippen LogP contribution in [0.25, 0.3) is 0 Å². The maximum Gasteiger partial charge on any atom is 0.441 e. The zero-order valence-corrected chi connectivity index (χ0v) is 8.57. The fourth-order valence-electron chi connectivity index (χ4n) is 1.03. The van der Waals surface area contributed by atoms with Crippen LogP contribution in [0.5, 0.6) is 0 Å². The lowest BCUT2D eigenvalue weighted by atomic mass is 10.1. The largest absolute Gasteiger partial charge is 0.441 e. The number of Topliss-reactive ketones (excluding diaryl/α,β-unsaturated/α-hetero) is 1. The van der Waals surface area contributed by atoms with Gasteiger partial charge in [-0.25, -0.2) is 0 Å². The first-order chi connectivity index (χ1) is 6.99. The molecule has 0 saturated carbocycles. The van der Waals surface area contributed by atoms with Gasteiger partial charge in [-0.2, -0.15) is 13.2 Å².